The molecule has 0 aromatic heterocycles. The maximum atomic E-state index is 6.59. The van der Waals surface area contributed by atoms with Crippen LogP contribution in [0.4, 0.5) is 0 Å². The second kappa shape index (κ2) is 6.96. The van der Waals surface area contributed by atoms with Gasteiger partial charge in [0.25, 0.3) is 0 Å². The predicted octanol–water partition coefficient (Wildman–Crippen LogP) is 5.49. The first-order valence-electron chi connectivity index (χ1n) is 8.76. The molecule has 0 saturated heterocycles. The van der Waals surface area contributed by atoms with Crippen molar-refractivity contribution in [1.29, 1.82) is 0 Å². The van der Waals surface area contributed by atoms with Crippen LogP contribution >= 0.6 is 0 Å². The zero-order valence-electron chi connectivity index (χ0n) is 14.4. The van der Waals surface area contributed by atoms with Gasteiger partial charge in [-0.2, -0.15) is 0 Å². The molecule has 1 aromatic carbocycles. The van der Waals surface area contributed by atoms with Crippen molar-refractivity contribution in [2.45, 2.75) is 72.3 Å². The fourth-order valence-corrected chi connectivity index (χ4v) is 3.86. The highest BCUT2D eigenvalue weighted by molar-refractivity contribution is 5.26. The summed E-state index contributed by atoms with van der Waals surface area (Å²) in [7, 11) is 0. The van der Waals surface area contributed by atoms with E-state index in [4.69, 9.17) is 5.73 Å². The first-order chi connectivity index (χ1) is 9.91. The molecule has 1 aliphatic rings. The van der Waals surface area contributed by atoms with Crippen molar-refractivity contribution in [3.8, 4) is 0 Å². The number of hydrogen-bond acceptors (Lipinski definition) is 1. The van der Waals surface area contributed by atoms with Crippen LogP contribution in [0.2, 0.25) is 0 Å². The molecule has 0 heterocycles. The molecule has 1 heteroatoms. The van der Waals surface area contributed by atoms with E-state index in [0.717, 1.165) is 12.3 Å². The Labute approximate surface area is 131 Å². The molecular weight excluding hydrogens is 254 g/mol. The minimum atomic E-state index is 0.225. The Morgan fingerprint density at radius 3 is 2.38 bits per heavy atom. The Bertz CT molecular complexity index is 435. The molecule has 1 aromatic rings. The van der Waals surface area contributed by atoms with Crippen LogP contribution in [0, 0.1) is 17.3 Å². The minimum absolute atomic E-state index is 0.225. The monoisotopic (exact) mass is 287 g/mol. The Kier molecular flexibility index (Phi) is 5.48. The molecule has 1 aliphatic carbocycles. The molecular formula is C20H33N. The van der Waals surface area contributed by atoms with Crippen molar-refractivity contribution < 1.29 is 0 Å². The molecule has 1 atom stereocenters. The maximum absolute atomic E-state index is 6.59. The number of nitrogens with two attached hydrogens (primary N) is 1. The Hall–Kier alpha value is -0.820. The van der Waals surface area contributed by atoms with Crippen LogP contribution in [0.3, 0.4) is 0 Å². The molecule has 2 rings (SSSR count). The number of aryl methyl sites for hydroxylation is 1. The molecule has 0 spiro atoms. The normalized spacial score (nSPS) is 24.8. The van der Waals surface area contributed by atoms with Crippen LogP contribution in [-0.4, -0.2) is 0 Å². The van der Waals surface area contributed by atoms with Crippen LogP contribution in [-0.2, 0) is 6.42 Å². The molecule has 118 valence electrons. The van der Waals surface area contributed by atoms with E-state index >= 15 is 0 Å². The summed E-state index contributed by atoms with van der Waals surface area (Å²) >= 11 is 0. The lowest BCUT2D eigenvalue weighted by molar-refractivity contribution is 0.139. The van der Waals surface area contributed by atoms with Gasteiger partial charge in [-0.15, -0.1) is 0 Å². The molecule has 0 radical (unpaired) electrons. The zero-order chi connectivity index (χ0) is 15.5. The molecule has 1 nitrogen and oxygen atoms in total. The Morgan fingerprint density at radius 2 is 1.81 bits per heavy atom. The Morgan fingerprint density at radius 1 is 1.14 bits per heavy atom. The third-order valence-corrected chi connectivity index (χ3v) is 5.38. The van der Waals surface area contributed by atoms with E-state index in [1.807, 2.05) is 0 Å². The topological polar surface area (TPSA) is 26.0 Å². The molecule has 0 aliphatic heterocycles. The second-order valence-electron chi connectivity index (χ2n) is 8.00. The molecule has 1 fully saturated rings. The summed E-state index contributed by atoms with van der Waals surface area (Å²) in [4.78, 5) is 0. The second-order valence-corrected chi connectivity index (χ2v) is 8.00. The van der Waals surface area contributed by atoms with Crippen LogP contribution < -0.4 is 5.73 Å². The van der Waals surface area contributed by atoms with Crippen molar-refractivity contribution in [2.75, 3.05) is 0 Å². The molecule has 0 bridgehead atoms. The highest BCUT2D eigenvalue weighted by atomic mass is 14.7. The van der Waals surface area contributed by atoms with Crippen molar-refractivity contribution in [3.05, 3.63) is 35.4 Å². The van der Waals surface area contributed by atoms with Gasteiger partial charge in [0.05, 0.1) is 0 Å². The van der Waals surface area contributed by atoms with Gasteiger partial charge < -0.3 is 5.73 Å². The lowest BCUT2D eigenvalue weighted by atomic mass is 9.68. The number of rotatable bonds is 4. The molecule has 1 unspecified atom stereocenters. The van der Waals surface area contributed by atoms with E-state index in [2.05, 4.69) is 52.0 Å². The average molecular weight is 287 g/mol. The van der Waals surface area contributed by atoms with Gasteiger partial charge in [-0.05, 0) is 60.5 Å². The standard InChI is InChI=1S/C20H33N/c1-5-7-15-8-6-9-17(14-15)19(21)16-10-12-18(13-11-16)20(2,3)4/h6,8-9,14,16,18-19H,5,7,10-13,21H2,1-4H3. The van der Waals surface area contributed by atoms with Gasteiger partial charge >= 0.3 is 0 Å². The van der Waals surface area contributed by atoms with Crippen LogP contribution in [0.1, 0.15) is 77.0 Å². The summed E-state index contributed by atoms with van der Waals surface area (Å²) in [6.45, 7) is 9.38. The van der Waals surface area contributed by atoms with Crippen molar-refractivity contribution >= 4 is 0 Å². The minimum Gasteiger partial charge on any atom is -0.324 e. The first-order valence-corrected chi connectivity index (χ1v) is 8.76. The maximum Gasteiger partial charge on any atom is 0.0323 e. The van der Waals surface area contributed by atoms with E-state index in [9.17, 15) is 0 Å². The number of hydrogen-bond donors (Lipinski definition) is 1. The highest BCUT2D eigenvalue weighted by Crippen LogP contribution is 2.42. The fourth-order valence-electron chi connectivity index (χ4n) is 3.86. The van der Waals surface area contributed by atoms with Gasteiger partial charge in [0.1, 0.15) is 0 Å². The largest absolute Gasteiger partial charge is 0.324 e. The smallest absolute Gasteiger partial charge is 0.0323 e. The summed E-state index contributed by atoms with van der Waals surface area (Å²) in [6, 6.07) is 9.20. The Balaban J connectivity index is 1.98. The molecule has 0 amide bonds. The highest BCUT2D eigenvalue weighted by Gasteiger charge is 2.32. The lowest BCUT2D eigenvalue weighted by Crippen LogP contribution is -2.30. The van der Waals surface area contributed by atoms with E-state index in [1.54, 1.807) is 0 Å². The molecule has 1 saturated carbocycles. The van der Waals surface area contributed by atoms with Crippen LogP contribution in [0.25, 0.3) is 0 Å². The summed E-state index contributed by atoms with van der Waals surface area (Å²) in [5.41, 5.74) is 9.83. The zero-order valence-corrected chi connectivity index (χ0v) is 14.4. The third-order valence-electron chi connectivity index (χ3n) is 5.38. The average Bonchev–Trinajstić information content (AvgIpc) is 2.46. The summed E-state index contributed by atoms with van der Waals surface area (Å²) in [6.07, 6.45) is 7.64. The van der Waals surface area contributed by atoms with Crippen molar-refractivity contribution in [1.82, 2.24) is 0 Å². The predicted molar refractivity (Wildman–Crippen MR) is 92.3 cm³/mol. The van der Waals surface area contributed by atoms with Gasteiger partial charge in [-0.1, -0.05) is 58.4 Å². The van der Waals surface area contributed by atoms with E-state index in [0.29, 0.717) is 11.3 Å². The van der Waals surface area contributed by atoms with Gasteiger partial charge in [0.15, 0.2) is 0 Å². The van der Waals surface area contributed by atoms with E-state index in [1.165, 1.54) is 43.2 Å². The fraction of sp³-hybridized carbons (Fsp3) is 0.700. The van der Waals surface area contributed by atoms with Gasteiger partial charge in [0.2, 0.25) is 0 Å². The summed E-state index contributed by atoms with van der Waals surface area (Å²) in [5, 5.41) is 0. The van der Waals surface area contributed by atoms with E-state index < -0.39 is 0 Å². The summed E-state index contributed by atoms with van der Waals surface area (Å²) < 4.78 is 0. The first kappa shape index (κ1) is 16.5. The van der Waals surface area contributed by atoms with Crippen LogP contribution in [0.15, 0.2) is 24.3 Å². The van der Waals surface area contributed by atoms with Crippen molar-refractivity contribution in [2.24, 2.45) is 23.0 Å². The van der Waals surface area contributed by atoms with Crippen molar-refractivity contribution in [3.63, 3.8) is 0 Å². The number of benzene rings is 1. The molecule has 2 N–H and O–H groups in total. The summed E-state index contributed by atoms with van der Waals surface area (Å²) in [5.74, 6) is 1.54. The molecule has 21 heavy (non-hydrogen) atoms. The third kappa shape index (κ3) is 4.32. The SMILES string of the molecule is CCCc1cccc(C(N)C2CCC(C(C)(C)C)CC2)c1. The van der Waals surface area contributed by atoms with E-state index in [-0.39, 0.29) is 6.04 Å². The quantitative estimate of drug-likeness (QED) is 0.778. The van der Waals surface area contributed by atoms with Gasteiger partial charge in [-0.25, -0.2) is 0 Å². The lowest BCUT2D eigenvalue weighted by Gasteiger charge is -2.38. The van der Waals surface area contributed by atoms with Crippen LogP contribution in [0.5, 0.6) is 0 Å². The van der Waals surface area contributed by atoms with Gasteiger partial charge in [-0.3, -0.25) is 0 Å². The van der Waals surface area contributed by atoms with Gasteiger partial charge in [0, 0.05) is 6.04 Å².